The summed E-state index contributed by atoms with van der Waals surface area (Å²) in [6.07, 6.45) is 3.08. The van der Waals surface area contributed by atoms with Gasteiger partial charge in [0.05, 0.1) is 23.7 Å². The molecule has 0 radical (unpaired) electrons. The Kier molecular flexibility index (Phi) is 5.89. The molecule has 1 amide bonds. The Morgan fingerprint density at radius 3 is 2.79 bits per heavy atom. The molecular weight excluding hydrogens is 396 g/mol. The number of phenols is 1. The van der Waals surface area contributed by atoms with Gasteiger partial charge in [0.15, 0.2) is 11.6 Å². The Bertz CT molecular complexity index is 1110. The predicted octanol–water partition coefficient (Wildman–Crippen LogP) is 2.77. The molecule has 9 nitrogen and oxygen atoms in total. The highest BCUT2D eigenvalue weighted by Gasteiger charge is 2.17. The van der Waals surface area contributed by atoms with Crippen LogP contribution in [0.1, 0.15) is 10.4 Å². The van der Waals surface area contributed by atoms with Crippen LogP contribution < -0.4 is 16.4 Å². The Morgan fingerprint density at radius 1 is 1.21 bits per heavy atom. The second-order valence-corrected chi connectivity index (χ2v) is 6.08. The van der Waals surface area contributed by atoms with E-state index in [1.165, 1.54) is 18.4 Å². The number of carbonyl (C=O) groups excluding carboxylic acids is 1. The van der Waals surface area contributed by atoms with Crippen molar-refractivity contribution >= 4 is 40.9 Å². The normalized spacial score (nSPS) is 10.5. The van der Waals surface area contributed by atoms with Crippen molar-refractivity contribution in [2.75, 3.05) is 24.1 Å². The van der Waals surface area contributed by atoms with Crippen LogP contribution in [0.4, 0.5) is 11.5 Å². The smallest absolute Gasteiger partial charge is 0.253 e. The number of aromatic hydroxyl groups is 1. The summed E-state index contributed by atoms with van der Waals surface area (Å²) >= 11 is 0. The van der Waals surface area contributed by atoms with Gasteiger partial charge in [-0.05, 0) is 36.4 Å². The van der Waals surface area contributed by atoms with E-state index in [-0.39, 0.29) is 24.1 Å². The fourth-order valence-corrected chi connectivity index (χ4v) is 2.76. The number of aromatic amines is 1. The van der Waals surface area contributed by atoms with Crippen molar-refractivity contribution in [3.8, 4) is 17.3 Å². The summed E-state index contributed by atoms with van der Waals surface area (Å²) in [5, 5.41) is 16.0. The second-order valence-electron chi connectivity index (χ2n) is 6.08. The van der Waals surface area contributed by atoms with E-state index >= 15 is 0 Å². The first kappa shape index (κ1) is 20.0. The van der Waals surface area contributed by atoms with Crippen LogP contribution >= 0.6 is 12.4 Å². The Morgan fingerprint density at radius 2 is 2.07 bits per heavy atom. The second kappa shape index (κ2) is 8.53. The van der Waals surface area contributed by atoms with Crippen molar-refractivity contribution in [2.45, 2.75) is 0 Å². The molecule has 0 unspecified atom stereocenters. The van der Waals surface area contributed by atoms with Gasteiger partial charge in [-0.2, -0.15) is 0 Å². The molecule has 0 atom stereocenters. The topological polar surface area (TPSA) is 142 Å². The molecule has 0 saturated carbocycles. The lowest BCUT2D eigenvalue weighted by molar-refractivity contribution is 0.0956. The summed E-state index contributed by atoms with van der Waals surface area (Å²) in [5.74, 6) is 1.34. The Labute approximate surface area is 171 Å². The number of phenolic OH excluding ortho intramolecular Hbond substituents is 1. The van der Waals surface area contributed by atoms with Crippen LogP contribution in [0.25, 0.3) is 22.6 Å². The van der Waals surface area contributed by atoms with Crippen LogP contribution in [0.15, 0.2) is 53.3 Å². The number of halogens is 1. The standard InChI is InChI=1S/C19H18N6O3.ClH/c20-11-3-6-15(23-10-11)21-7-8-22-19(27)12-4-5-13(26)17-16(12)24-18(25-17)14-2-1-9-28-14;/h1-6,9-10,26H,7-8,20H2,(H,21,23)(H,22,27)(H,24,25);1H. The van der Waals surface area contributed by atoms with Gasteiger partial charge in [0, 0.05) is 13.1 Å². The molecule has 0 aliphatic carbocycles. The number of amides is 1. The van der Waals surface area contributed by atoms with Crippen LogP contribution in [0.5, 0.6) is 5.75 Å². The number of imidazole rings is 1. The highest BCUT2D eigenvalue weighted by Crippen LogP contribution is 2.29. The van der Waals surface area contributed by atoms with Gasteiger partial charge in [-0.1, -0.05) is 0 Å². The Balaban J connectivity index is 0.00000240. The van der Waals surface area contributed by atoms with Crippen molar-refractivity contribution in [1.29, 1.82) is 0 Å². The van der Waals surface area contributed by atoms with E-state index in [1.54, 1.807) is 30.5 Å². The van der Waals surface area contributed by atoms with Gasteiger partial charge in [-0.3, -0.25) is 4.79 Å². The zero-order chi connectivity index (χ0) is 19.5. The maximum absolute atomic E-state index is 12.6. The lowest BCUT2D eigenvalue weighted by Gasteiger charge is -2.08. The van der Waals surface area contributed by atoms with E-state index in [0.29, 0.717) is 52.8 Å². The minimum Gasteiger partial charge on any atom is -0.506 e. The van der Waals surface area contributed by atoms with E-state index in [0.717, 1.165) is 0 Å². The molecule has 10 heteroatoms. The molecule has 0 bridgehead atoms. The molecule has 150 valence electrons. The van der Waals surface area contributed by atoms with Gasteiger partial charge in [0.2, 0.25) is 0 Å². The molecular formula is C19H19ClN6O3. The lowest BCUT2D eigenvalue weighted by Crippen LogP contribution is -2.29. The molecule has 0 fully saturated rings. The highest BCUT2D eigenvalue weighted by atomic mass is 35.5. The van der Waals surface area contributed by atoms with E-state index in [9.17, 15) is 9.90 Å². The van der Waals surface area contributed by atoms with Crippen LogP contribution in [0.2, 0.25) is 0 Å². The molecule has 6 N–H and O–H groups in total. The van der Waals surface area contributed by atoms with Crippen LogP contribution in [-0.4, -0.2) is 39.1 Å². The number of hydrogen-bond donors (Lipinski definition) is 5. The number of H-pyrrole nitrogens is 1. The van der Waals surface area contributed by atoms with E-state index < -0.39 is 0 Å². The van der Waals surface area contributed by atoms with Crippen LogP contribution in [0.3, 0.4) is 0 Å². The first-order chi connectivity index (χ1) is 13.6. The largest absolute Gasteiger partial charge is 0.506 e. The molecule has 0 spiro atoms. The van der Waals surface area contributed by atoms with E-state index in [1.807, 2.05) is 0 Å². The van der Waals surface area contributed by atoms with Crippen LogP contribution in [0, 0.1) is 0 Å². The number of rotatable bonds is 6. The minimum absolute atomic E-state index is 0. The molecule has 3 aromatic heterocycles. The summed E-state index contributed by atoms with van der Waals surface area (Å²) in [6.45, 7) is 0.866. The van der Waals surface area contributed by atoms with Crippen molar-refractivity contribution in [3.63, 3.8) is 0 Å². The molecule has 4 aromatic rings. The number of furan rings is 1. The zero-order valence-corrected chi connectivity index (χ0v) is 16.0. The fraction of sp³-hybridized carbons (Fsp3) is 0.105. The maximum Gasteiger partial charge on any atom is 0.253 e. The summed E-state index contributed by atoms with van der Waals surface area (Å²) in [7, 11) is 0. The first-order valence-corrected chi connectivity index (χ1v) is 8.61. The number of benzene rings is 1. The highest BCUT2D eigenvalue weighted by molar-refractivity contribution is 6.06. The zero-order valence-electron chi connectivity index (χ0n) is 15.2. The quantitative estimate of drug-likeness (QED) is 0.305. The number of aromatic nitrogens is 3. The molecule has 1 aromatic carbocycles. The molecule has 29 heavy (non-hydrogen) atoms. The van der Waals surface area contributed by atoms with Gasteiger partial charge in [0.25, 0.3) is 5.91 Å². The van der Waals surface area contributed by atoms with Gasteiger partial charge < -0.3 is 30.9 Å². The summed E-state index contributed by atoms with van der Waals surface area (Å²) in [5.41, 5.74) is 7.29. The van der Waals surface area contributed by atoms with E-state index in [2.05, 4.69) is 25.6 Å². The molecule has 0 aliphatic rings. The third-order valence-electron chi connectivity index (χ3n) is 4.13. The number of nitrogen functional groups attached to an aromatic ring is 1. The number of pyridine rings is 1. The minimum atomic E-state index is -0.297. The monoisotopic (exact) mass is 414 g/mol. The van der Waals surface area contributed by atoms with Gasteiger partial charge in [0.1, 0.15) is 22.6 Å². The van der Waals surface area contributed by atoms with Gasteiger partial charge in [-0.15, -0.1) is 12.4 Å². The molecule has 4 rings (SSSR count). The average Bonchev–Trinajstić information content (AvgIpc) is 3.37. The third-order valence-corrected chi connectivity index (χ3v) is 4.13. The Hall–Kier alpha value is -3.72. The SMILES string of the molecule is Cl.Nc1ccc(NCCNC(=O)c2ccc(O)c3[nH]c(-c4ccco4)nc23)nc1. The van der Waals surface area contributed by atoms with E-state index in [4.69, 9.17) is 10.2 Å². The van der Waals surface area contributed by atoms with Crippen molar-refractivity contribution < 1.29 is 14.3 Å². The number of nitrogens with one attached hydrogen (secondary N) is 3. The average molecular weight is 415 g/mol. The number of hydrogen-bond acceptors (Lipinski definition) is 7. The maximum atomic E-state index is 12.6. The van der Waals surface area contributed by atoms with Crippen molar-refractivity contribution in [2.24, 2.45) is 0 Å². The van der Waals surface area contributed by atoms with Gasteiger partial charge in [-0.25, -0.2) is 9.97 Å². The molecule has 0 aliphatic heterocycles. The van der Waals surface area contributed by atoms with Crippen molar-refractivity contribution in [1.82, 2.24) is 20.3 Å². The number of fused-ring (bicyclic) bond motifs is 1. The number of nitrogens with two attached hydrogens (primary N) is 1. The number of nitrogens with zero attached hydrogens (tertiary/aromatic N) is 2. The number of anilines is 2. The molecule has 0 saturated heterocycles. The summed E-state index contributed by atoms with van der Waals surface area (Å²) in [6, 6.07) is 9.98. The summed E-state index contributed by atoms with van der Waals surface area (Å²) in [4.78, 5) is 24.1. The first-order valence-electron chi connectivity index (χ1n) is 8.61. The predicted molar refractivity (Wildman–Crippen MR) is 112 cm³/mol. The molecule has 3 heterocycles. The van der Waals surface area contributed by atoms with Gasteiger partial charge >= 0.3 is 0 Å². The summed E-state index contributed by atoms with van der Waals surface area (Å²) < 4.78 is 5.32. The third kappa shape index (κ3) is 4.25. The van der Waals surface area contributed by atoms with Crippen molar-refractivity contribution in [3.05, 3.63) is 54.4 Å². The number of carbonyl (C=O) groups is 1. The van der Waals surface area contributed by atoms with Crippen LogP contribution in [-0.2, 0) is 0 Å². The lowest BCUT2D eigenvalue weighted by atomic mass is 10.1. The fourth-order valence-electron chi connectivity index (χ4n) is 2.76.